The third kappa shape index (κ3) is 2.91. The fourth-order valence-corrected chi connectivity index (χ4v) is 2.84. The molecule has 0 radical (unpaired) electrons. The molecule has 8 heteroatoms. The zero-order valence-electron chi connectivity index (χ0n) is 12.8. The number of aliphatic carboxylic acids is 1. The second kappa shape index (κ2) is 5.74. The van der Waals surface area contributed by atoms with Gasteiger partial charge in [-0.05, 0) is 20.8 Å². The van der Waals surface area contributed by atoms with Crippen LogP contribution in [0, 0.1) is 35.0 Å². The summed E-state index contributed by atoms with van der Waals surface area (Å²) in [5.74, 6) is -14.2. The van der Waals surface area contributed by atoms with E-state index in [1.165, 1.54) is 0 Å². The smallest absolute Gasteiger partial charge is 0.308 e. The molecule has 0 unspecified atom stereocenters. The highest BCUT2D eigenvalue weighted by molar-refractivity contribution is 5.72. The van der Waals surface area contributed by atoms with Crippen molar-refractivity contribution in [1.82, 2.24) is 4.90 Å². The molecule has 0 amide bonds. The zero-order chi connectivity index (χ0) is 17.7. The van der Waals surface area contributed by atoms with Crippen LogP contribution in [0.5, 0.6) is 0 Å². The third-order valence-electron chi connectivity index (χ3n) is 4.20. The minimum Gasteiger partial charge on any atom is -0.481 e. The van der Waals surface area contributed by atoms with Crippen LogP contribution in [0.3, 0.4) is 0 Å². The maximum atomic E-state index is 14.0. The zero-order valence-corrected chi connectivity index (χ0v) is 12.8. The summed E-state index contributed by atoms with van der Waals surface area (Å²) in [4.78, 5) is 13.0. The summed E-state index contributed by atoms with van der Waals surface area (Å²) in [6.07, 6.45) is 0. The van der Waals surface area contributed by atoms with Crippen molar-refractivity contribution in [2.75, 3.05) is 13.1 Å². The number of rotatable bonds is 2. The fraction of sp³-hybridized carbons (Fsp3) is 0.533. The molecule has 0 aromatic heterocycles. The summed E-state index contributed by atoms with van der Waals surface area (Å²) in [5.41, 5.74) is -1.56. The molecule has 1 aromatic rings. The average Bonchev–Trinajstić information content (AvgIpc) is 2.88. The molecule has 1 saturated heterocycles. The third-order valence-corrected chi connectivity index (χ3v) is 4.20. The van der Waals surface area contributed by atoms with Gasteiger partial charge in [0.05, 0.1) is 5.92 Å². The molecule has 3 nitrogen and oxygen atoms in total. The van der Waals surface area contributed by atoms with Gasteiger partial charge >= 0.3 is 5.97 Å². The Morgan fingerprint density at radius 3 is 1.78 bits per heavy atom. The van der Waals surface area contributed by atoms with Crippen LogP contribution in [0.4, 0.5) is 22.0 Å². The van der Waals surface area contributed by atoms with Crippen LogP contribution in [0.15, 0.2) is 0 Å². The molecule has 1 heterocycles. The molecule has 2 atom stereocenters. The molecular formula is C15H16F5NO2. The van der Waals surface area contributed by atoms with E-state index >= 15 is 0 Å². The lowest BCUT2D eigenvalue weighted by atomic mass is 9.88. The second-order valence-electron chi connectivity index (χ2n) is 6.61. The van der Waals surface area contributed by atoms with Gasteiger partial charge in [0.2, 0.25) is 5.82 Å². The van der Waals surface area contributed by atoms with Crippen LogP contribution in [0.25, 0.3) is 0 Å². The number of carboxylic acid groups (broad SMARTS) is 1. The lowest BCUT2D eigenvalue weighted by Crippen LogP contribution is -2.40. The molecular weight excluding hydrogens is 321 g/mol. The minimum absolute atomic E-state index is 0.0387. The van der Waals surface area contributed by atoms with Gasteiger partial charge in [0, 0.05) is 30.1 Å². The molecule has 1 aliphatic rings. The van der Waals surface area contributed by atoms with E-state index in [1.807, 2.05) is 0 Å². The predicted octanol–water partition coefficient (Wildman–Crippen LogP) is 3.28. The van der Waals surface area contributed by atoms with Crippen molar-refractivity contribution in [1.29, 1.82) is 0 Å². The summed E-state index contributed by atoms with van der Waals surface area (Å²) >= 11 is 0. The highest BCUT2D eigenvalue weighted by atomic mass is 19.2. The monoisotopic (exact) mass is 337 g/mol. The van der Waals surface area contributed by atoms with Gasteiger partial charge in [-0.1, -0.05) is 0 Å². The predicted molar refractivity (Wildman–Crippen MR) is 71.4 cm³/mol. The topological polar surface area (TPSA) is 40.5 Å². The Labute approximate surface area is 129 Å². The molecule has 1 aromatic carbocycles. The van der Waals surface area contributed by atoms with E-state index in [-0.39, 0.29) is 13.1 Å². The van der Waals surface area contributed by atoms with Gasteiger partial charge in [0.1, 0.15) is 0 Å². The van der Waals surface area contributed by atoms with E-state index in [1.54, 1.807) is 25.7 Å². The Kier molecular flexibility index (Phi) is 4.40. The number of likely N-dealkylation sites (tertiary alicyclic amines) is 1. The van der Waals surface area contributed by atoms with E-state index in [0.717, 1.165) is 0 Å². The number of nitrogens with zero attached hydrogens (tertiary/aromatic N) is 1. The van der Waals surface area contributed by atoms with Crippen molar-refractivity contribution in [3.05, 3.63) is 34.6 Å². The first kappa shape index (κ1) is 17.7. The molecule has 0 bridgehead atoms. The number of carboxylic acids is 1. The van der Waals surface area contributed by atoms with Crippen LogP contribution >= 0.6 is 0 Å². The van der Waals surface area contributed by atoms with Crippen LogP contribution in [-0.4, -0.2) is 34.6 Å². The first-order valence-electron chi connectivity index (χ1n) is 6.96. The Morgan fingerprint density at radius 1 is 0.957 bits per heavy atom. The quantitative estimate of drug-likeness (QED) is 0.511. The first-order valence-corrected chi connectivity index (χ1v) is 6.96. The molecule has 23 heavy (non-hydrogen) atoms. The van der Waals surface area contributed by atoms with Crippen molar-refractivity contribution in [2.45, 2.75) is 32.2 Å². The van der Waals surface area contributed by atoms with E-state index in [4.69, 9.17) is 0 Å². The van der Waals surface area contributed by atoms with Gasteiger partial charge in [0.25, 0.3) is 0 Å². The second-order valence-corrected chi connectivity index (χ2v) is 6.61. The maximum Gasteiger partial charge on any atom is 0.308 e. The van der Waals surface area contributed by atoms with Gasteiger partial charge < -0.3 is 5.11 Å². The highest BCUT2D eigenvalue weighted by Gasteiger charge is 2.45. The normalized spacial score (nSPS) is 22.6. The Balaban J connectivity index is 2.58. The lowest BCUT2D eigenvalue weighted by Gasteiger charge is -2.31. The standard InChI is InChI=1S/C15H16F5NO2/c1-15(2,3)21-4-6(7(5-21)14(22)23)8-9(16)11(18)13(20)12(19)10(8)17/h6-7H,4-5H2,1-3H3,(H,22,23)/t6-,7-/m1/s1. The number of halogens is 5. The first-order chi connectivity index (χ1) is 10.5. The summed E-state index contributed by atoms with van der Waals surface area (Å²) in [6, 6.07) is 0. The van der Waals surface area contributed by atoms with Gasteiger partial charge in [0.15, 0.2) is 23.3 Å². The molecule has 128 valence electrons. The highest BCUT2D eigenvalue weighted by Crippen LogP contribution is 2.40. The molecule has 0 saturated carbocycles. The van der Waals surface area contributed by atoms with E-state index < -0.39 is 58.0 Å². The van der Waals surface area contributed by atoms with E-state index in [0.29, 0.717) is 0 Å². The average molecular weight is 337 g/mol. The van der Waals surface area contributed by atoms with Crippen molar-refractivity contribution in [3.63, 3.8) is 0 Å². The van der Waals surface area contributed by atoms with Crippen molar-refractivity contribution < 1.29 is 31.9 Å². The Morgan fingerprint density at radius 2 is 1.39 bits per heavy atom. The summed E-state index contributed by atoms with van der Waals surface area (Å²) < 4.78 is 67.9. The summed E-state index contributed by atoms with van der Waals surface area (Å²) in [5, 5.41) is 9.27. The molecule has 2 rings (SSSR count). The number of hydrogen-bond donors (Lipinski definition) is 1. The van der Waals surface area contributed by atoms with Crippen LogP contribution in [0.1, 0.15) is 32.3 Å². The van der Waals surface area contributed by atoms with Crippen molar-refractivity contribution in [2.24, 2.45) is 5.92 Å². The summed E-state index contributed by atoms with van der Waals surface area (Å²) in [7, 11) is 0. The van der Waals surface area contributed by atoms with E-state index in [2.05, 4.69) is 0 Å². The van der Waals surface area contributed by atoms with E-state index in [9.17, 15) is 31.9 Å². The number of hydrogen-bond acceptors (Lipinski definition) is 2. The SMILES string of the molecule is CC(C)(C)N1C[C@@H](C(=O)O)[C@H](c2c(F)c(F)c(F)c(F)c2F)C1. The molecule has 1 N–H and O–H groups in total. The van der Waals surface area contributed by atoms with Crippen LogP contribution < -0.4 is 0 Å². The molecule has 1 fully saturated rings. The van der Waals surface area contributed by atoms with Gasteiger partial charge in [-0.2, -0.15) is 0 Å². The minimum atomic E-state index is -2.25. The number of benzene rings is 1. The maximum absolute atomic E-state index is 14.0. The lowest BCUT2D eigenvalue weighted by molar-refractivity contribution is -0.141. The number of carbonyl (C=O) groups is 1. The molecule has 0 aliphatic carbocycles. The fourth-order valence-electron chi connectivity index (χ4n) is 2.84. The molecule has 1 aliphatic heterocycles. The Bertz CT molecular complexity index is 627. The largest absolute Gasteiger partial charge is 0.481 e. The van der Waals surface area contributed by atoms with Crippen LogP contribution in [-0.2, 0) is 4.79 Å². The van der Waals surface area contributed by atoms with Gasteiger partial charge in [-0.15, -0.1) is 0 Å². The van der Waals surface area contributed by atoms with Gasteiger partial charge in [-0.3, -0.25) is 9.69 Å². The molecule has 0 spiro atoms. The van der Waals surface area contributed by atoms with Gasteiger partial charge in [-0.25, -0.2) is 22.0 Å². The van der Waals surface area contributed by atoms with Crippen molar-refractivity contribution in [3.8, 4) is 0 Å². The van der Waals surface area contributed by atoms with Crippen molar-refractivity contribution >= 4 is 5.97 Å². The Hall–Kier alpha value is -1.70. The summed E-state index contributed by atoms with van der Waals surface area (Å²) in [6.45, 7) is 5.16. The van der Waals surface area contributed by atoms with Crippen LogP contribution in [0.2, 0.25) is 0 Å².